The van der Waals surface area contributed by atoms with E-state index in [4.69, 9.17) is 0 Å². The second kappa shape index (κ2) is 4.90. The number of carbonyl (C=O) groups excluding carboxylic acids is 1. The monoisotopic (exact) mass is 272 g/mol. The number of anilines is 1. The summed E-state index contributed by atoms with van der Waals surface area (Å²) in [6.45, 7) is 5.47. The summed E-state index contributed by atoms with van der Waals surface area (Å²) in [4.78, 5) is 18.7. The van der Waals surface area contributed by atoms with Crippen LogP contribution < -0.4 is 10.4 Å². The van der Waals surface area contributed by atoms with Gasteiger partial charge in [0.15, 0.2) is 11.6 Å². The van der Waals surface area contributed by atoms with Crippen LogP contribution in [0.1, 0.15) is 25.8 Å². The summed E-state index contributed by atoms with van der Waals surface area (Å²) in [5, 5.41) is 2.01. The molecule has 5 heteroatoms. The molecule has 3 heterocycles. The third-order valence-electron chi connectivity index (χ3n) is 3.92. The van der Waals surface area contributed by atoms with Gasteiger partial charge in [0, 0.05) is 37.0 Å². The maximum atomic E-state index is 12.0. The van der Waals surface area contributed by atoms with Gasteiger partial charge in [0.1, 0.15) is 0 Å². The van der Waals surface area contributed by atoms with Gasteiger partial charge in [0.2, 0.25) is 0 Å². The molecule has 20 heavy (non-hydrogen) atoms. The van der Waals surface area contributed by atoms with Crippen molar-refractivity contribution in [3.63, 3.8) is 0 Å². The van der Waals surface area contributed by atoms with E-state index in [0.29, 0.717) is 31.3 Å². The average Bonchev–Trinajstić information content (AvgIpc) is 2.45. The molecule has 0 saturated heterocycles. The van der Waals surface area contributed by atoms with Crippen LogP contribution in [0, 0.1) is 0 Å². The van der Waals surface area contributed by atoms with E-state index >= 15 is 0 Å². The van der Waals surface area contributed by atoms with E-state index in [9.17, 15) is 4.79 Å². The number of fused-ring (bicyclic) bond motifs is 2. The van der Waals surface area contributed by atoms with Crippen LogP contribution in [0.5, 0.6) is 0 Å². The number of nitrogens with zero attached hydrogens (tertiary/aromatic N) is 3. The van der Waals surface area contributed by atoms with Crippen molar-refractivity contribution in [1.29, 1.82) is 0 Å². The molecule has 5 nitrogen and oxygen atoms in total. The molecule has 0 bridgehead atoms. The molecule has 1 aromatic rings. The summed E-state index contributed by atoms with van der Waals surface area (Å²) >= 11 is 0. The van der Waals surface area contributed by atoms with E-state index in [0.717, 1.165) is 11.4 Å². The van der Waals surface area contributed by atoms with Crippen molar-refractivity contribution in [3.8, 4) is 0 Å². The van der Waals surface area contributed by atoms with Crippen molar-refractivity contribution in [2.75, 3.05) is 25.1 Å². The zero-order valence-corrected chi connectivity index (χ0v) is 12.2. The van der Waals surface area contributed by atoms with Gasteiger partial charge in [-0.2, -0.15) is 0 Å². The fraction of sp³-hybridized carbons (Fsp3) is 0.467. The Labute approximate surface area is 119 Å². The van der Waals surface area contributed by atoms with Crippen LogP contribution in [-0.2, 0) is 4.79 Å². The maximum absolute atomic E-state index is 12.0. The van der Waals surface area contributed by atoms with Crippen molar-refractivity contribution in [2.24, 2.45) is 0 Å². The molecule has 0 fully saturated rings. The molecule has 0 amide bonds. The SMILES string of the molecule is CNN1CC2=C(c3cccnc31)N(C(C)C)CC(=O)C2. The zero-order valence-electron chi connectivity index (χ0n) is 12.2. The molecule has 0 spiro atoms. The molecule has 0 atom stereocenters. The second-order valence-electron chi connectivity index (χ2n) is 5.57. The topological polar surface area (TPSA) is 48.5 Å². The number of hydrazine groups is 1. The Bertz CT molecular complexity index is 579. The molecule has 0 unspecified atom stereocenters. The van der Waals surface area contributed by atoms with Crippen LogP contribution >= 0.6 is 0 Å². The quantitative estimate of drug-likeness (QED) is 0.882. The minimum absolute atomic E-state index is 0.292. The summed E-state index contributed by atoms with van der Waals surface area (Å²) in [6.07, 6.45) is 2.35. The summed E-state index contributed by atoms with van der Waals surface area (Å²) < 4.78 is 0. The van der Waals surface area contributed by atoms with Crippen molar-refractivity contribution >= 4 is 17.3 Å². The molecule has 0 aromatic carbocycles. The van der Waals surface area contributed by atoms with Gasteiger partial charge in [-0.05, 0) is 31.6 Å². The lowest BCUT2D eigenvalue weighted by Crippen LogP contribution is -2.46. The lowest BCUT2D eigenvalue weighted by molar-refractivity contribution is -0.119. The van der Waals surface area contributed by atoms with Gasteiger partial charge in [-0.1, -0.05) is 0 Å². The summed E-state index contributed by atoms with van der Waals surface area (Å²) in [6, 6.07) is 4.35. The van der Waals surface area contributed by atoms with Crippen LogP contribution in [0.15, 0.2) is 23.9 Å². The second-order valence-corrected chi connectivity index (χ2v) is 5.57. The lowest BCUT2D eigenvalue weighted by atomic mass is 9.92. The Hall–Kier alpha value is -1.88. The molecule has 1 N–H and O–H groups in total. The number of Topliss-reactive ketones (excluding diaryl/α,β-unsaturated/α-hetero) is 1. The van der Waals surface area contributed by atoms with Crippen molar-refractivity contribution in [2.45, 2.75) is 26.3 Å². The Kier molecular flexibility index (Phi) is 3.22. The maximum Gasteiger partial charge on any atom is 0.156 e. The normalized spacial score (nSPS) is 18.5. The fourth-order valence-electron chi connectivity index (χ4n) is 3.01. The van der Waals surface area contributed by atoms with Crippen molar-refractivity contribution < 1.29 is 4.79 Å². The number of aromatic nitrogens is 1. The molecule has 1 aromatic heterocycles. The van der Waals surface area contributed by atoms with Crippen LogP contribution in [0.25, 0.3) is 5.70 Å². The standard InChI is InChI=1S/C15H20N4O/c1-10(2)18-9-12(20)7-11-8-19(16-3)15-13(14(11)18)5-4-6-17-15/h4-6,10,16H,7-9H2,1-3H3. The van der Waals surface area contributed by atoms with Gasteiger partial charge in [0.25, 0.3) is 0 Å². The highest BCUT2D eigenvalue weighted by Crippen LogP contribution is 2.38. The Morgan fingerprint density at radius 2 is 2.15 bits per heavy atom. The molecular weight excluding hydrogens is 252 g/mol. The summed E-state index contributed by atoms with van der Waals surface area (Å²) in [5.74, 6) is 1.23. The third kappa shape index (κ3) is 1.98. The molecule has 3 rings (SSSR count). The minimum Gasteiger partial charge on any atom is -0.361 e. The molecular formula is C15H20N4O. The zero-order chi connectivity index (χ0) is 14.3. The van der Waals surface area contributed by atoms with Gasteiger partial charge < -0.3 is 4.90 Å². The molecule has 0 radical (unpaired) electrons. The van der Waals surface area contributed by atoms with E-state index in [1.807, 2.05) is 24.3 Å². The largest absolute Gasteiger partial charge is 0.361 e. The van der Waals surface area contributed by atoms with Gasteiger partial charge in [-0.15, -0.1) is 0 Å². The number of hydrogen-bond acceptors (Lipinski definition) is 5. The molecule has 2 aliphatic heterocycles. The predicted octanol–water partition coefficient (Wildman–Crippen LogP) is 1.43. The predicted molar refractivity (Wildman–Crippen MR) is 79.0 cm³/mol. The Morgan fingerprint density at radius 3 is 2.85 bits per heavy atom. The van der Waals surface area contributed by atoms with E-state index in [1.54, 1.807) is 0 Å². The number of nitrogens with one attached hydrogen (secondary N) is 1. The van der Waals surface area contributed by atoms with E-state index in [-0.39, 0.29) is 0 Å². The number of ketones is 1. The number of rotatable bonds is 2. The van der Waals surface area contributed by atoms with E-state index in [1.165, 1.54) is 11.3 Å². The van der Waals surface area contributed by atoms with Crippen LogP contribution in [0.4, 0.5) is 5.82 Å². The lowest BCUT2D eigenvalue weighted by Gasteiger charge is -2.41. The molecule has 0 aliphatic carbocycles. The molecule has 0 saturated carbocycles. The minimum atomic E-state index is 0.292. The highest BCUT2D eigenvalue weighted by molar-refractivity contribution is 5.93. The molecule has 2 aliphatic rings. The van der Waals surface area contributed by atoms with Gasteiger partial charge in [0.05, 0.1) is 13.1 Å². The van der Waals surface area contributed by atoms with Gasteiger partial charge in [-0.25, -0.2) is 10.4 Å². The third-order valence-corrected chi connectivity index (χ3v) is 3.92. The highest BCUT2D eigenvalue weighted by Gasteiger charge is 2.34. The first kappa shape index (κ1) is 13.1. The van der Waals surface area contributed by atoms with E-state index < -0.39 is 0 Å². The molecule has 106 valence electrons. The highest BCUT2D eigenvalue weighted by atomic mass is 16.1. The Morgan fingerprint density at radius 1 is 1.35 bits per heavy atom. The van der Waals surface area contributed by atoms with E-state index in [2.05, 4.69) is 35.2 Å². The van der Waals surface area contributed by atoms with Gasteiger partial charge in [-0.3, -0.25) is 9.80 Å². The fourth-order valence-corrected chi connectivity index (χ4v) is 3.01. The number of pyridine rings is 1. The summed E-state index contributed by atoms with van der Waals surface area (Å²) in [5.41, 5.74) is 6.66. The van der Waals surface area contributed by atoms with Crippen LogP contribution in [0.2, 0.25) is 0 Å². The average molecular weight is 272 g/mol. The first-order valence-corrected chi connectivity index (χ1v) is 7.02. The van der Waals surface area contributed by atoms with Gasteiger partial charge >= 0.3 is 0 Å². The first-order valence-electron chi connectivity index (χ1n) is 7.02. The first-order chi connectivity index (χ1) is 9.61. The number of carbonyl (C=O) groups is 1. The van der Waals surface area contributed by atoms with Crippen LogP contribution in [-0.4, -0.2) is 41.8 Å². The smallest absolute Gasteiger partial charge is 0.156 e. The van der Waals surface area contributed by atoms with Crippen molar-refractivity contribution in [1.82, 2.24) is 15.3 Å². The van der Waals surface area contributed by atoms with Crippen LogP contribution in [0.3, 0.4) is 0 Å². The van der Waals surface area contributed by atoms with Crippen molar-refractivity contribution in [3.05, 3.63) is 29.5 Å². The Balaban J connectivity index is 2.16. The summed E-state index contributed by atoms with van der Waals surface area (Å²) in [7, 11) is 1.88. The number of hydrogen-bond donors (Lipinski definition) is 1.